The van der Waals surface area contributed by atoms with Crippen molar-refractivity contribution < 1.29 is 21.4 Å². The molecule has 0 bridgehead atoms. The van der Waals surface area contributed by atoms with Gasteiger partial charge in [-0.1, -0.05) is 0 Å². The molecule has 1 aromatic rings. The van der Waals surface area contributed by atoms with Gasteiger partial charge < -0.3 is 0 Å². The van der Waals surface area contributed by atoms with Gasteiger partial charge in [-0.15, -0.1) is 0 Å². The molecule has 0 fully saturated rings. The zero-order valence-corrected chi connectivity index (χ0v) is 17.9. The van der Waals surface area contributed by atoms with Gasteiger partial charge in [0.1, 0.15) is 0 Å². The van der Waals surface area contributed by atoms with Crippen molar-refractivity contribution in [3.63, 3.8) is 0 Å². The number of unbranched alkanes of at least 4 members (excludes halogenated alkanes) is 1. The van der Waals surface area contributed by atoms with Crippen molar-refractivity contribution in [2.45, 2.75) is 65.4 Å². The van der Waals surface area contributed by atoms with Crippen LogP contribution in [0.1, 0.15) is 62.3 Å². The average Bonchev–Trinajstić information content (AvgIpc) is 2.89. The number of benzene rings is 1. The molecule has 2 aliphatic carbocycles. The van der Waals surface area contributed by atoms with Crippen LogP contribution in [0.2, 0.25) is 9.36 Å². The Kier molecular flexibility index (Phi) is 4.10. The Balaban J connectivity index is 2.04. The summed E-state index contributed by atoms with van der Waals surface area (Å²) in [5.74, 6) is 0. The van der Waals surface area contributed by atoms with E-state index in [-0.39, 0.29) is 0 Å². The quantitative estimate of drug-likeness (QED) is 0.501. The minimum atomic E-state index is -1.55. The first-order valence-electron chi connectivity index (χ1n) is 8.54. The van der Waals surface area contributed by atoms with Gasteiger partial charge in [-0.25, -0.2) is 0 Å². The van der Waals surface area contributed by atoms with Crippen LogP contribution in [0.25, 0.3) is 6.08 Å². The molecule has 0 amide bonds. The van der Waals surface area contributed by atoms with Gasteiger partial charge in [-0.3, -0.25) is 0 Å². The summed E-state index contributed by atoms with van der Waals surface area (Å²) in [7, 11) is 0. The first-order valence-corrected chi connectivity index (χ1v) is 17.5. The SMILES string of the molecule is CCCC[C]1([Hf]([CH3])[CH3])C=Cc2cc3c(cc21)CC(C)(C)C3. The number of hydrogen-bond donors (Lipinski definition) is 0. The molecule has 0 aliphatic heterocycles. The number of hydrogen-bond acceptors (Lipinski definition) is 0. The van der Waals surface area contributed by atoms with E-state index in [0.29, 0.717) is 8.59 Å². The Morgan fingerprint density at radius 1 is 1.10 bits per heavy atom. The van der Waals surface area contributed by atoms with E-state index in [1.165, 1.54) is 32.1 Å². The van der Waals surface area contributed by atoms with E-state index in [0.717, 1.165) is 0 Å². The molecule has 0 nitrogen and oxygen atoms in total. The standard InChI is InChI=1S/C18H23.2CH3.Hf/c1-4-5-6-13-7-8-14-9-15-11-18(2,3)12-16(15)10-17(13)14;;;/h7-10H,4-6,11-12H2,1-3H3;2*1H3;. The molecule has 0 N–H and O–H groups in total. The molecular weight excluding hydrogens is 419 g/mol. The Bertz CT molecular complexity index is 580. The summed E-state index contributed by atoms with van der Waals surface area (Å²) in [6.45, 7) is 7.16. The molecule has 0 saturated heterocycles. The molecule has 1 aromatic carbocycles. The third-order valence-electron chi connectivity index (χ3n) is 5.55. The van der Waals surface area contributed by atoms with Crippen LogP contribution in [-0.4, -0.2) is 0 Å². The van der Waals surface area contributed by atoms with Crippen LogP contribution < -0.4 is 0 Å². The van der Waals surface area contributed by atoms with E-state index < -0.39 is 21.4 Å². The van der Waals surface area contributed by atoms with Crippen molar-refractivity contribution in [2.75, 3.05) is 0 Å². The van der Waals surface area contributed by atoms with Crippen molar-refractivity contribution in [1.82, 2.24) is 0 Å². The van der Waals surface area contributed by atoms with Gasteiger partial charge in [0, 0.05) is 0 Å². The van der Waals surface area contributed by atoms with Crippen molar-refractivity contribution in [1.29, 1.82) is 0 Å². The second kappa shape index (κ2) is 5.48. The summed E-state index contributed by atoms with van der Waals surface area (Å²) in [5.41, 5.74) is 6.99. The Morgan fingerprint density at radius 2 is 1.76 bits per heavy atom. The zero-order chi connectivity index (χ0) is 15.3. The van der Waals surface area contributed by atoms with Crippen LogP contribution in [-0.2, 0) is 37.5 Å². The van der Waals surface area contributed by atoms with Gasteiger partial charge in [-0.2, -0.15) is 0 Å². The molecule has 1 atom stereocenters. The molecule has 113 valence electrons. The zero-order valence-electron chi connectivity index (χ0n) is 14.3. The summed E-state index contributed by atoms with van der Waals surface area (Å²) in [4.78, 5) is 0. The van der Waals surface area contributed by atoms with Crippen LogP contribution >= 0.6 is 0 Å². The summed E-state index contributed by atoms with van der Waals surface area (Å²) in [5, 5.41) is 0. The maximum absolute atomic E-state index is 2.62. The van der Waals surface area contributed by atoms with Gasteiger partial charge in [0.2, 0.25) is 0 Å². The Labute approximate surface area is 138 Å². The first-order chi connectivity index (χ1) is 9.88. The minimum absolute atomic E-state index is 0.467. The van der Waals surface area contributed by atoms with Gasteiger partial charge in [0.05, 0.1) is 0 Å². The molecule has 0 radical (unpaired) electrons. The molecule has 0 spiro atoms. The van der Waals surface area contributed by atoms with Crippen LogP contribution in [0.15, 0.2) is 18.2 Å². The van der Waals surface area contributed by atoms with Crippen molar-refractivity contribution in [2.24, 2.45) is 5.41 Å². The fraction of sp³-hybridized carbons (Fsp3) is 0.600. The van der Waals surface area contributed by atoms with Gasteiger partial charge in [0.15, 0.2) is 0 Å². The Hall–Kier alpha value is -0.170. The van der Waals surface area contributed by atoms with Crippen molar-refractivity contribution >= 4 is 6.08 Å². The summed E-state index contributed by atoms with van der Waals surface area (Å²) in [6.07, 6.45) is 11.7. The van der Waals surface area contributed by atoms with Gasteiger partial charge in [-0.05, 0) is 0 Å². The molecule has 1 heteroatoms. The second-order valence-electron chi connectivity index (χ2n) is 8.13. The average molecular weight is 448 g/mol. The fourth-order valence-corrected chi connectivity index (χ4v) is 11.0. The predicted molar refractivity (Wildman–Crippen MR) is 89.6 cm³/mol. The molecule has 0 aromatic heterocycles. The molecule has 0 saturated carbocycles. The normalized spacial score (nSPS) is 25.0. The van der Waals surface area contributed by atoms with Gasteiger partial charge in [0.25, 0.3) is 0 Å². The molecule has 0 heterocycles. The van der Waals surface area contributed by atoms with E-state index in [1.54, 1.807) is 22.3 Å². The number of fused-ring (bicyclic) bond motifs is 2. The Morgan fingerprint density at radius 3 is 2.38 bits per heavy atom. The monoisotopic (exact) mass is 449 g/mol. The molecule has 3 rings (SSSR count). The number of allylic oxidation sites excluding steroid dienone is 1. The topological polar surface area (TPSA) is 0 Å². The predicted octanol–water partition coefficient (Wildman–Crippen LogP) is 5.94. The molecular formula is C20H29Hf. The fourth-order valence-electron chi connectivity index (χ4n) is 4.34. The third kappa shape index (κ3) is 2.64. The van der Waals surface area contributed by atoms with E-state index >= 15 is 0 Å². The van der Waals surface area contributed by atoms with Crippen LogP contribution in [0.4, 0.5) is 0 Å². The van der Waals surface area contributed by atoms with Crippen molar-refractivity contribution in [3.05, 3.63) is 40.5 Å². The second-order valence-corrected chi connectivity index (χ2v) is 18.5. The molecule has 21 heavy (non-hydrogen) atoms. The first kappa shape index (κ1) is 15.7. The maximum atomic E-state index is 2.62. The molecule has 1 unspecified atom stereocenters. The summed E-state index contributed by atoms with van der Waals surface area (Å²) in [6, 6.07) is 5.14. The number of rotatable bonds is 4. The van der Waals surface area contributed by atoms with E-state index in [2.05, 4.69) is 54.4 Å². The van der Waals surface area contributed by atoms with E-state index in [1.807, 2.05) is 0 Å². The molecule has 2 aliphatic rings. The van der Waals surface area contributed by atoms with Crippen molar-refractivity contribution in [3.8, 4) is 0 Å². The van der Waals surface area contributed by atoms with Crippen LogP contribution in [0.3, 0.4) is 0 Å². The third-order valence-corrected chi connectivity index (χ3v) is 14.4. The van der Waals surface area contributed by atoms with Gasteiger partial charge >= 0.3 is 139 Å². The van der Waals surface area contributed by atoms with E-state index in [9.17, 15) is 0 Å². The van der Waals surface area contributed by atoms with Crippen LogP contribution in [0, 0.1) is 5.41 Å². The van der Waals surface area contributed by atoms with Crippen LogP contribution in [0.5, 0.6) is 0 Å². The summed E-state index contributed by atoms with van der Waals surface area (Å²) < 4.78 is 5.71. The van der Waals surface area contributed by atoms with E-state index in [4.69, 9.17) is 0 Å². The summed E-state index contributed by atoms with van der Waals surface area (Å²) >= 11 is -1.55.